The van der Waals surface area contributed by atoms with E-state index in [1.807, 2.05) is 86.5 Å². The number of likely N-dealkylation sites (N-methyl/N-ethyl adjacent to an activating group) is 1. The van der Waals surface area contributed by atoms with Crippen LogP contribution in [0.15, 0.2) is 89.8 Å². The van der Waals surface area contributed by atoms with Gasteiger partial charge < -0.3 is 5.11 Å². The number of hydrogen-bond donors (Lipinski definition) is 2. The quantitative estimate of drug-likeness (QED) is 0.528. The van der Waals surface area contributed by atoms with Crippen LogP contribution in [0.2, 0.25) is 0 Å². The molecule has 3 rings (SSSR count). The van der Waals surface area contributed by atoms with Crippen molar-refractivity contribution in [3.8, 4) is 0 Å². The Bertz CT molecular complexity index is 1050. The molecule has 3 atom stereocenters. The molecule has 0 aliphatic rings. The molecule has 2 N–H and O–H groups in total. The summed E-state index contributed by atoms with van der Waals surface area (Å²) < 4.78 is 29.0. The van der Waals surface area contributed by atoms with Crippen molar-refractivity contribution in [1.82, 2.24) is 9.62 Å². The van der Waals surface area contributed by atoms with Crippen LogP contribution in [0.4, 0.5) is 0 Å². The molecule has 0 radical (unpaired) electrons. The van der Waals surface area contributed by atoms with E-state index in [1.54, 1.807) is 24.3 Å². The monoisotopic (exact) mass is 438 g/mol. The first-order valence-electron chi connectivity index (χ1n) is 10.3. The molecule has 0 amide bonds. The van der Waals surface area contributed by atoms with Crippen molar-refractivity contribution in [1.29, 1.82) is 0 Å². The zero-order valence-electron chi connectivity index (χ0n) is 18.1. The summed E-state index contributed by atoms with van der Waals surface area (Å²) in [5.74, 6) is 0. The van der Waals surface area contributed by atoms with E-state index in [0.717, 1.165) is 16.7 Å². The van der Waals surface area contributed by atoms with Gasteiger partial charge in [-0.05, 0) is 44.2 Å². The van der Waals surface area contributed by atoms with Gasteiger partial charge in [-0.1, -0.05) is 78.4 Å². The molecule has 0 saturated heterocycles. The Hall–Kier alpha value is -2.51. The summed E-state index contributed by atoms with van der Waals surface area (Å²) in [4.78, 5) is 2.21. The predicted octanol–water partition coefficient (Wildman–Crippen LogP) is 4.07. The largest absolute Gasteiger partial charge is 0.387 e. The lowest BCUT2D eigenvalue weighted by Gasteiger charge is -2.32. The minimum absolute atomic E-state index is 0.211. The average Bonchev–Trinajstić information content (AvgIpc) is 2.79. The van der Waals surface area contributed by atoms with Gasteiger partial charge in [0.2, 0.25) is 10.0 Å². The molecule has 3 aromatic rings. The van der Waals surface area contributed by atoms with Crippen molar-refractivity contribution in [2.24, 2.45) is 0 Å². The van der Waals surface area contributed by atoms with Gasteiger partial charge >= 0.3 is 0 Å². The summed E-state index contributed by atoms with van der Waals surface area (Å²) in [6.45, 7) is 4.26. The second-order valence-corrected chi connectivity index (χ2v) is 9.65. The van der Waals surface area contributed by atoms with Crippen molar-refractivity contribution in [3.63, 3.8) is 0 Å². The number of sulfonamides is 1. The van der Waals surface area contributed by atoms with E-state index in [0.29, 0.717) is 6.54 Å². The first-order valence-corrected chi connectivity index (χ1v) is 11.8. The molecule has 0 bridgehead atoms. The number of hydrogen-bond acceptors (Lipinski definition) is 4. The number of nitrogens with zero attached hydrogens (tertiary/aromatic N) is 1. The number of aryl methyl sites for hydroxylation is 1. The number of aliphatic hydroxyl groups is 1. The molecule has 0 fully saturated rings. The molecule has 6 heteroatoms. The van der Waals surface area contributed by atoms with Crippen LogP contribution in [0.25, 0.3) is 0 Å². The van der Waals surface area contributed by atoms with Gasteiger partial charge in [-0.15, -0.1) is 0 Å². The molecule has 0 unspecified atom stereocenters. The van der Waals surface area contributed by atoms with Crippen LogP contribution in [0, 0.1) is 6.92 Å². The maximum Gasteiger partial charge on any atom is 0.241 e. The fourth-order valence-corrected chi connectivity index (χ4v) is 4.71. The Labute approximate surface area is 185 Å². The van der Waals surface area contributed by atoms with Crippen molar-refractivity contribution in [2.75, 3.05) is 13.6 Å². The first-order chi connectivity index (χ1) is 14.8. The Balaban J connectivity index is 1.82. The van der Waals surface area contributed by atoms with Gasteiger partial charge in [-0.25, -0.2) is 13.1 Å². The zero-order chi connectivity index (χ0) is 22.4. The number of benzene rings is 3. The molecule has 0 aromatic heterocycles. The van der Waals surface area contributed by atoms with Crippen LogP contribution in [-0.4, -0.2) is 38.1 Å². The molecule has 0 aliphatic heterocycles. The van der Waals surface area contributed by atoms with E-state index < -0.39 is 22.2 Å². The molecule has 5 nitrogen and oxygen atoms in total. The van der Waals surface area contributed by atoms with Crippen molar-refractivity contribution in [2.45, 2.75) is 36.9 Å². The van der Waals surface area contributed by atoms with Crippen molar-refractivity contribution in [3.05, 3.63) is 102 Å². The normalized spacial score (nSPS) is 14.9. The Kier molecular flexibility index (Phi) is 7.62. The third kappa shape index (κ3) is 6.02. The fourth-order valence-electron chi connectivity index (χ4n) is 3.49. The molecule has 0 heterocycles. The standard InChI is InChI=1S/C25H30N2O3S/c1-19-14-16-23(17-15-19)31(29,30)26-24(21-10-6-4-7-11-21)18-27(3)20(2)25(28)22-12-8-5-9-13-22/h4-17,20,24-26,28H,18H2,1-3H3/t20-,24+,25+/m0/s1. The summed E-state index contributed by atoms with van der Waals surface area (Å²) in [6.07, 6.45) is -0.684. The topological polar surface area (TPSA) is 69.6 Å². The van der Waals surface area contributed by atoms with E-state index in [-0.39, 0.29) is 10.9 Å². The Morgan fingerprint density at radius 1 is 0.871 bits per heavy atom. The third-order valence-corrected chi connectivity index (χ3v) is 7.08. The highest BCUT2D eigenvalue weighted by Gasteiger charge is 2.26. The number of aliphatic hydroxyl groups excluding tert-OH is 1. The van der Waals surface area contributed by atoms with Crippen molar-refractivity contribution < 1.29 is 13.5 Å². The van der Waals surface area contributed by atoms with E-state index in [2.05, 4.69) is 4.72 Å². The predicted molar refractivity (Wildman–Crippen MR) is 124 cm³/mol. The van der Waals surface area contributed by atoms with Crippen LogP contribution in [0.3, 0.4) is 0 Å². The van der Waals surface area contributed by atoms with Crippen LogP contribution in [-0.2, 0) is 10.0 Å². The minimum atomic E-state index is -3.71. The van der Waals surface area contributed by atoms with Gasteiger partial charge in [-0.3, -0.25) is 4.90 Å². The van der Waals surface area contributed by atoms with E-state index in [1.165, 1.54) is 0 Å². The summed E-state index contributed by atoms with van der Waals surface area (Å²) in [5.41, 5.74) is 2.70. The van der Waals surface area contributed by atoms with Gasteiger partial charge in [0, 0.05) is 12.6 Å². The third-order valence-electron chi connectivity index (χ3n) is 5.59. The minimum Gasteiger partial charge on any atom is -0.387 e. The molecule has 3 aromatic carbocycles. The molecule has 164 valence electrons. The number of rotatable bonds is 9. The Morgan fingerprint density at radius 2 is 1.39 bits per heavy atom. The van der Waals surface area contributed by atoms with Gasteiger partial charge in [-0.2, -0.15) is 0 Å². The maximum atomic E-state index is 13.1. The van der Waals surface area contributed by atoms with E-state index >= 15 is 0 Å². The lowest BCUT2D eigenvalue weighted by atomic mass is 10.0. The average molecular weight is 439 g/mol. The smallest absolute Gasteiger partial charge is 0.241 e. The lowest BCUT2D eigenvalue weighted by molar-refractivity contribution is 0.0687. The van der Waals surface area contributed by atoms with Crippen LogP contribution in [0.5, 0.6) is 0 Å². The highest BCUT2D eigenvalue weighted by Crippen LogP contribution is 2.24. The molecular weight excluding hydrogens is 408 g/mol. The molecule has 0 spiro atoms. The van der Waals surface area contributed by atoms with E-state index in [4.69, 9.17) is 0 Å². The highest BCUT2D eigenvalue weighted by molar-refractivity contribution is 7.89. The second kappa shape index (κ2) is 10.2. The lowest BCUT2D eigenvalue weighted by Crippen LogP contribution is -2.42. The Morgan fingerprint density at radius 3 is 1.94 bits per heavy atom. The summed E-state index contributed by atoms with van der Waals surface area (Å²) in [5, 5.41) is 10.8. The van der Waals surface area contributed by atoms with Gasteiger partial charge in [0.05, 0.1) is 17.0 Å². The van der Waals surface area contributed by atoms with Gasteiger partial charge in [0.15, 0.2) is 0 Å². The van der Waals surface area contributed by atoms with Gasteiger partial charge in [0.25, 0.3) is 0 Å². The maximum absolute atomic E-state index is 13.1. The molecular formula is C25H30N2O3S. The van der Waals surface area contributed by atoms with Crippen LogP contribution < -0.4 is 4.72 Å². The zero-order valence-corrected chi connectivity index (χ0v) is 19.0. The molecule has 31 heavy (non-hydrogen) atoms. The van der Waals surface area contributed by atoms with Crippen LogP contribution >= 0.6 is 0 Å². The van der Waals surface area contributed by atoms with E-state index in [9.17, 15) is 13.5 Å². The molecule has 0 saturated carbocycles. The summed E-state index contributed by atoms with van der Waals surface area (Å²) in [6, 6.07) is 25.1. The summed E-state index contributed by atoms with van der Waals surface area (Å²) in [7, 11) is -1.81. The second-order valence-electron chi connectivity index (χ2n) is 7.93. The SMILES string of the molecule is Cc1ccc(S(=O)(=O)N[C@H](CN(C)[C@@H](C)[C@@H](O)c2ccccc2)c2ccccc2)cc1. The summed E-state index contributed by atoms with van der Waals surface area (Å²) >= 11 is 0. The van der Waals surface area contributed by atoms with Gasteiger partial charge in [0.1, 0.15) is 0 Å². The van der Waals surface area contributed by atoms with Crippen LogP contribution in [0.1, 0.15) is 35.8 Å². The highest BCUT2D eigenvalue weighted by atomic mass is 32.2. The first kappa shape index (κ1) is 23.2. The van der Waals surface area contributed by atoms with Crippen molar-refractivity contribution >= 4 is 10.0 Å². The molecule has 0 aliphatic carbocycles. The fraction of sp³-hybridized carbons (Fsp3) is 0.280. The number of nitrogens with one attached hydrogen (secondary N) is 1.